The second kappa shape index (κ2) is 7.23. The third-order valence-electron chi connectivity index (χ3n) is 7.56. The van der Waals surface area contributed by atoms with Crippen LogP contribution in [-0.4, -0.2) is 16.4 Å². The van der Waals surface area contributed by atoms with Gasteiger partial charge in [0, 0.05) is 27.8 Å². The van der Waals surface area contributed by atoms with Gasteiger partial charge in [-0.3, -0.25) is 9.78 Å². The highest BCUT2D eigenvalue weighted by Crippen LogP contribution is 2.55. The highest BCUT2D eigenvalue weighted by atomic mass is 35.5. The lowest BCUT2D eigenvalue weighted by Gasteiger charge is -2.56. The first-order valence-electron chi connectivity index (χ1n) is 11.3. The van der Waals surface area contributed by atoms with E-state index in [0.717, 1.165) is 59.3 Å². The van der Waals surface area contributed by atoms with Gasteiger partial charge in [-0.25, -0.2) is 0 Å². The topological polar surface area (TPSA) is 54.0 Å². The molecular formula is C26H26ClN3O. The summed E-state index contributed by atoms with van der Waals surface area (Å²) in [6, 6.07) is 15.3. The van der Waals surface area contributed by atoms with Crippen LogP contribution in [0.3, 0.4) is 0 Å². The van der Waals surface area contributed by atoms with Crippen molar-refractivity contribution in [3.05, 3.63) is 65.3 Å². The molecule has 0 atom stereocenters. The van der Waals surface area contributed by atoms with Crippen LogP contribution in [-0.2, 0) is 0 Å². The van der Waals surface area contributed by atoms with Crippen LogP contribution in [0.1, 0.15) is 48.9 Å². The molecule has 0 unspecified atom stereocenters. The van der Waals surface area contributed by atoms with E-state index in [1.807, 2.05) is 48.5 Å². The summed E-state index contributed by atoms with van der Waals surface area (Å²) in [5, 5.41) is 8.57. The summed E-state index contributed by atoms with van der Waals surface area (Å²) in [6.45, 7) is 0. The Morgan fingerprint density at radius 2 is 1.65 bits per heavy atom. The minimum atomic E-state index is -0.00413. The summed E-state index contributed by atoms with van der Waals surface area (Å²) in [7, 11) is 0. The van der Waals surface area contributed by atoms with Crippen molar-refractivity contribution in [2.24, 2.45) is 17.8 Å². The number of anilines is 2. The van der Waals surface area contributed by atoms with E-state index in [1.165, 1.54) is 19.3 Å². The molecule has 4 fully saturated rings. The van der Waals surface area contributed by atoms with Crippen LogP contribution in [0.15, 0.2) is 54.7 Å². The van der Waals surface area contributed by atoms with Gasteiger partial charge in [-0.05, 0) is 92.7 Å². The fraction of sp³-hybridized carbons (Fsp3) is 0.385. The molecule has 0 saturated heterocycles. The Morgan fingerprint density at radius 1 is 0.935 bits per heavy atom. The number of hydrogen-bond acceptors (Lipinski definition) is 3. The summed E-state index contributed by atoms with van der Waals surface area (Å²) < 4.78 is 0. The van der Waals surface area contributed by atoms with Crippen LogP contribution < -0.4 is 10.6 Å². The molecule has 1 heterocycles. The first kappa shape index (κ1) is 19.1. The Morgan fingerprint density at radius 3 is 2.39 bits per heavy atom. The molecule has 2 N–H and O–H groups in total. The molecule has 7 rings (SSSR count). The number of hydrogen-bond donors (Lipinski definition) is 2. The molecule has 5 heteroatoms. The van der Waals surface area contributed by atoms with E-state index in [0.29, 0.717) is 10.6 Å². The van der Waals surface area contributed by atoms with Gasteiger partial charge in [0.25, 0.3) is 5.91 Å². The van der Waals surface area contributed by atoms with Crippen LogP contribution in [0.4, 0.5) is 11.4 Å². The number of carbonyl (C=O) groups is 1. The zero-order valence-electron chi connectivity index (χ0n) is 17.4. The fourth-order valence-electron chi connectivity index (χ4n) is 6.73. The second-order valence-electron chi connectivity index (χ2n) is 9.84. The Labute approximate surface area is 187 Å². The Kier molecular flexibility index (Phi) is 4.46. The van der Waals surface area contributed by atoms with Crippen LogP contribution in [0.25, 0.3) is 10.9 Å². The van der Waals surface area contributed by atoms with Gasteiger partial charge < -0.3 is 10.6 Å². The van der Waals surface area contributed by atoms with Crippen molar-refractivity contribution in [1.82, 2.24) is 10.3 Å². The third-order valence-corrected chi connectivity index (χ3v) is 7.80. The molecule has 3 aromatic rings. The molecule has 0 aliphatic heterocycles. The molecule has 0 radical (unpaired) electrons. The van der Waals surface area contributed by atoms with Crippen LogP contribution in [0.2, 0.25) is 5.02 Å². The smallest absolute Gasteiger partial charge is 0.253 e. The number of amides is 1. The van der Waals surface area contributed by atoms with Gasteiger partial charge in [0.1, 0.15) is 0 Å². The summed E-state index contributed by atoms with van der Waals surface area (Å²) in [5.74, 6) is 2.43. The number of fused-ring (bicyclic) bond motifs is 1. The minimum Gasteiger partial charge on any atom is -0.354 e. The maximum atomic E-state index is 13.5. The quantitative estimate of drug-likeness (QED) is 0.507. The standard InChI is InChI=1S/C26H26ClN3O/c27-19-5-6-22-21(12-19)24(7-8-28-22)29-23-4-2-1-3-20(23)25(31)30-26-13-16-9-17(14-26)11-18(10-16)15-26/h1-8,12,16-18H,9-11,13-15H2,(H,28,29)(H,30,31). The largest absolute Gasteiger partial charge is 0.354 e. The number of rotatable bonds is 4. The number of aromatic nitrogens is 1. The lowest BCUT2D eigenvalue weighted by atomic mass is 9.53. The normalized spacial score (nSPS) is 28.6. The Balaban J connectivity index is 1.30. The van der Waals surface area contributed by atoms with E-state index in [2.05, 4.69) is 15.6 Å². The SMILES string of the molecule is O=C(NC12CC3CC(CC(C3)C1)C2)c1ccccc1Nc1ccnc2ccc(Cl)cc12. The third kappa shape index (κ3) is 3.47. The molecule has 31 heavy (non-hydrogen) atoms. The number of nitrogens with zero attached hydrogens (tertiary/aromatic N) is 1. The molecule has 4 aliphatic carbocycles. The summed E-state index contributed by atoms with van der Waals surface area (Å²) >= 11 is 6.23. The Hall–Kier alpha value is -2.59. The lowest BCUT2D eigenvalue weighted by Crippen LogP contribution is -2.59. The lowest BCUT2D eigenvalue weighted by molar-refractivity contribution is -0.0166. The molecule has 4 aliphatic rings. The highest BCUT2D eigenvalue weighted by molar-refractivity contribution is 6.31. The van der Waals surface area contributed by atoms with Crippen molar-refractivity contribution in [3.63, 3.8) is 0 Å². The Bertz CT molecular complexity index is 1140. The maximum Gasteiger partial charge on any atom is 0.253 e. The monoisotopic (exact) mass is 431 g/mol. The highest BCUT2D eigenvalue weighted by Gasteiger charge is 2.51. The van der Waals surface area contributed by atoms with E-state index in [-0.39, 0.29) is 11.4 Å². The molecule has 1 amide bonds. The molecule has 4 bridgehead atoms. The molecule has 0 spiro atoms. The van der Waals surface area contributed by atoms with Crippen molar-refractivity contribution in [2.75, 3.05) is 5.32 Å². The number of benzene rings is 2. The van der Waals surface area contributed by atoms with Crippen LogP contribution >= 0.6 is 11.6 Å². The van der Waals surface area contributed by atoms with E-state index in [9.17, 15) is 4.79 Å². The van der Waals surface area contributed by atoms with E-state index in [1.54, 1.807) is 6.20 Å². The summed E-state index contributed by atoms with van der Waals surface area (Å²) in [6.07, 6.45) is 9.31. The summed E-state index contributed by atoms with van der Waals surface area (Å²) in [4.78, 5) is 17.9. The van der Waals surface area contributed by atoms with Crippen molar-refractivity contribution < 1.29 is 4.79 Å². The summed E-state index contributed by atoms with van der Waals surface area (Å²) in [5.41, 5.74) is 3.24. The number of pyridine rings is 1. The fourth-order valence-corrected chi connectivity index (χ4v) is 6.91. The van der Waals surface area contributed by atoms with E-state index < -0.39 is 0 Å². The van der Waals surface area contributed by atoms with Crippen LogP contribution in [0, 0.1) is 17.8 Å². The molecule has 158 valence electrons. The maximum absolute atomic E-state index is 13.5. The van der Waals surface area contributed by atoms with E-state index >= 15 is 0 Å². The first-order valence-corrected chi connectivity index (χ1v) is 11.7. The molecule has 2 aromatic carbocycles. The molecule has 4 saturated carbocycles. The number of carbonyl (C=O) groups excluding carboxylic acids is 1. The number of para-hydroxylation sites is 1. The van der Waals surface area contributed by atoms with Gasteiger partial charge in [-0.1, -0.05) is 23.7 Å². The van der Waals surface area contributed by atoms with E-state index in [4.69, 9.17) is 11.6 Å². The second-order valence-corrected chi connectivity index (χ2v) is 10.3. The molecule has 4 nitrogen and oxygen atoms in total. The molecule has 1 aromatic heterocycles. The van der Waals surface area contributed by atoms with Crippen LogP contribution in [0.5, 0.6) is 0 Å². The van der Waals surface area contributed by atoms with Crippen molar-refractivity contribution in [1.29, 1.82) is 0 Å². The van der Waals surface area contributed by atoms with Gasteiger partial charge >= 0.3 is 0 Å². The first-order chi connectivity index (χ1) is 15.1. The van der Waals surface area contributed by atoms with Gasteiger partial charge in [0.05, 0.1) is 16.8 Å². The van der Waals surface area contributed by atoms with Gasteiger partial charge in [0.2, 0.25) is 0 Å². The average molecular weight is 432 g/mol. The zero-order chi connectivity index (χ0) is 21.0. The van der Waals surface area contributed by atoms with Gasteiger partial charge in [-0.2, -0.15) is 0 Å². The van der Waals surface area contributed by atoms with Gasteiger partial charge in [0.15, 0.2) is 0 Å². The van der Waals surface area contributed by atoms with Crippen molar-refractivity contribution in [3.8, 4) is 0 Å². The molecular weight excluding hydrogens is 406 g/mol. The number of nitrogens with one attached hydrogen (secondary N) is 2. The minimum absolute atomic E-state index is 0.00413. The predicted molar refractivity (Wildman–Crippen MR) is 125 cm³/mol. The average Bonchev–Trinajstić information content (AvgIpc) is 2.73. The van der Waals surface area contributed by atoms with Crippen molar-refractivity contribution >= 4 is 39.8 Å². The predicted octanol–water partition coefficient (Wildman–Crippen LogP) is 6.33. The number of halogens is 1. The van der Waals surface area contributed by atoms with Gasteiger partial charge in [-0.15, -0.1) is 0 Å². The van der Waals surface area contributed by atoms with Crippen molar-refractivity contribution in [2.45, 2.75) is 44.1 Å². The zero-order valence-corrected chi connectivity index (χ0v) is 18.2.